The molecule has 1 aliphatic heterocycles. The molecule has 0 aromatic heterocycles. The lowest BCUT2D eigenvalue weighted by Gasteiger charge is -2.32. The van der Waals surface area contributed by atoms with Crippen molar-refractivity contribution < 1.29 is 14.3 Å². The van der Waals surface area contributed by atoms with Crippen molar-refractivity contribution in [3.05, 3.63) is 28.8 Å². The number of nitrogens with zero attached hydrogens (tertiary/aromatic N) is 1. The Kier molecular flexibility index (Phi) is 4.63. The molecule has 2 rings (SSSR count). The molecule has 19 heavy (non-hydrogen) atoms. The van der Waals surface area contributed by atoms with Gasteiger partial charge in [-0.1, -0.05) is 11.6 Å². The van der Waals surface area contributed by atoms with Crippen LogP contribution in [0, 0.1) is 0 Å². The normalized spacial score (nSPS) is 19.3. The van der Waals surface area contributed by atoms with E-state index in [0.717, 1.165) is 0 Å². The van der Waals surface area contributed by atoms with Crippen LogP contribution < -0.4 is 10.5 Å². The van der Waals surface area contributed by atoms with Crippen LogP contribution in [0.4, 0.5) is 0 Å². The van der Waals surface area contributed by atoms with E-state index in [2.05, 4.69) is 0 Å². The van der Waals surface area contributed by atoms with Gasteiger partial charge in [0.25, 0.3) is 5.91 Å². The lowest BCUT2D eigenvalue weighted by atomic mass is 10.1. The smallest absolute Gasteiger partial charge is 0.257 e. The first-order valence-electron chi connectivity index (χ1n) is 6.10. The minimum atomic E-state index is -0.101. The standard InChI is InChI=1S/C13H17ClN2O3/c1-18-12-6-9(14)2-3-11(12)13(17)16-4-5-19-10(7-15)8-16/h2-3,6,10H,4-5,7-8,15H2,1H3. The maximum Gasteiger partial charge on any atom is 0.257 e. The highest BCUT2D eigenvalue weighted by Gasteiger charge is 2.26. The number of methoxy groups -OCH3 is 1. The molecule has 0 spiro atoms. The van der Waals surface area contributed by atoms with E-state index in [0.29, 0.717) is 42.6 Å². The van der Waals surface area contributed by atoms with Crippen molar-refractivity contribution in [2.45, 2.75) is 6.10 Å². The summed E-state index contributed by atoms with van der Waals surface area (Å²) in [7, 11) is 1.52. The lowest BCUT2D eigenvalue weighted by molar-refractivity contribution is -0.0168. The molecular formula is C13H17ClN2O3. The Morgan fingerprint density at radius 1 is 1.63 bits per heavy atom. The zero-order chi connectivity index (χ0) is 13.8. The van der Waals surface area contributed by atoms with Crippen molar-refractivity contribution in [1.82, 2.24) is 4.90 Å². The first-order chi connectivity index (χ1) is 9.15. The van der Waals surface area contributed by atoms with E-state index in [1.54, 1.807) is 23.1 Å². The number of benzene rings is 1. The van der Waals surface area contributed by atoms with Crippen molar-refractivity contribution in [3.8, 4) is 5.75 Å². The van der Waals surface area contributed by atoms with E-state index in [-0.39, 0.29) is 12.0 Å². The predicted octanol–water partition coefficient (Wildman–Crippen LogP) is 1.15. The molecule has 1 unspecified atom stereocenters. The summed E-state index contributed by atoms with van der Waals surface area (Å²) in [6.45, 7) is 1.97. The molecule has 0 radical (unpaired) electrons. The summed E-state index contributed by atoms with van der Waals surface area (Å²) in [6.07, 6.45) is -0.101. The number of amides is 1. The fourth-order valence-electron chi connectivity index (χ4n) is 2.06. The Hall–Kier alpha value is -1.30. The van der Waals surface area contributed by atoms with Crippen LogP contribution in [-0.4, -0.2) is 50.3 Å². The largest absolute Gasteiger partial charge is 0.496 e. The third kappa shape index (κ3) is 3.18. The van der Waals surface area contributed by atoms with Crippen LogP contribution in [0.3, 0.4) is 0 Å². The third-order valence-electron chi connectivity index (χ3n) is 3.08. The number of rotatable bonds is 3. The highest BCUT2D eigenvalue weighted by Crippen LogP contribution is 2.25. The van der Waals surface area contributed by atoms with Gasteiger partial charge in [-0.25, -0.2) is 0 Å². The van der Waals surface area contributed by atoms with Gasteiger partial charge in [0.1, 0.15) is 5.75 Å². The van der Waals surface area contributed by atoms with Crippen LogP contribution in [0.25, 0.3) is 0 Å². The number of carbonyl (C=O) groups is 1. The molecule has 5 nitrogen and oxygen atoms in total. The van der Waals surface area contributed by atoms with Crippen molar-refractivity contribution >= 4 is 17.5 Å². The van der Waals surface area contributed by atoms with Crippen LogP contribution in [0.5, 0.6) is 5.75 Å². The van der Waals surface area contributed by atoms with E-state index in [1.807, 2.05) is 0 Å². The second-order valence-electron chi connectivity index (χ2n) is 4.32. The topological polar surface area (TPSA) is 64.8 Å². The lowest BCUT2D eigenvalue weighted by Crippen LogP contribution is -2.48. The van der Waals surface area contributed by atoms with Gasteiger partial charge in [0.2, 0.25) is 0 Å². The zero-order valence-corrected chi connectivity index (χ0v) is 11.5. The summed E-state index contributed by atoms with van der Waals surface area (Å²) in [5, 5.41) is 0.537. The molecule has 1 aromatic carbocycles. The Bertz CT molecular complexity index is 467. The SMILES string of the molecule is COc1cc(Cl)ccc1C(=O)N1CCOC(CN)C1. The molecule has 1 saturated heterocycles. The molecular weight excluding hydrogens is 268 g/mol. The summed E-state index contributed by atoms with van der Waals surface area (Å²) in [5.41, 5.74) is 6.08. The number of carbonyl (C=O) groups excluding carboxylic acids is 1. The maximum absolute atomic E-state index is 12.5. The monoisotopic (exact) mass is 284 g/mol. The van der Waals surface area contributed by atoms with Gasteiger partial charge in [-0.15, -0.1) is 0 Å². The van der Waals surface area contributed by atoms with E-state index >= 15 is 0 Å². The van der Waals surface area contributed by atoms with Gasteiger partial charge in [0.15, 0.2) is 0 Å². The second-order valence-corrected chi connectivity index (χ2v) is 4.76. The molecule has 1 atom stereocenters. The molecule has 0 saturated carbocycles. The molecule has 1 amide bonds. The van der Waals surface area contributed by atoms with Crippen LogP contribution in [0.1, 0.15) is 10.4 Å². The van der Waals surface area contributed by atoms with Gasteiger partial charge < -0.3 is 20.1 Å². The van der Waals surface area contributed by atoms with Gasteiger partial charge in [0, 0.05) is 24.7 Å². The van der Waals surface area contributed by atoms with Crippen molar-refractivity contribution in [3.63, 3.8) is 0 Å². The summed E-state index contributed by atoms with van der Waals surface area (Å²) in [4.78, 5) is 14.2. The molecule has 0 aliphatic carbocycles. The van der Waals surface area contributed by atoms with Gasteiger partial charge >= 0.3 is 0 Å². The number of morpholine rings is 1. The molecule has 2 N–H and O–H groups in total. The zero-order valence-electron chi connectivity index (χ0n) is 10.8. The minimum Gasteiger partial charge on any atom is -0.496 e. The van der Waals surface area contributed by atoms with Crippen LogP contribution in [0.15, 0.2) is 18.2 Å². The average Bonchev–Trinajstić information content (AvgIpc) is 2.46. The molecule has 0 bridgehead atoms. The van der Waals surface area contributed by atoms with Crippen LogP contribution in [0.2, 0.25) is 5.02 Å². The average molecular weight is 285 g/mol. The molecule has 1 fully saturated rings. The van der Waals surface area contributed by atoms with Gasteiger partial charge in [-0.3, -0.25) is 4.79 Å². The highest BCUT2D eigenvalue weighted by molar-refractivity contribution is 6.30. The molecule has 1 aliphatic rings. The highest BCUT2D eigenvalue weighted by atomic mass is 35.5. The number of hydrogen-bond acceptors (Lipinski definition) is 4. The second kappa shape index (κ2) is 6.23. The Labute approximate surface area is 117 Å². The van der Waals surface area contributed by atoms with Gasteiger partial charge in [-0.2, -0.15) is 0 Å². The third-order valence-corrected chi connectivity index (χ3v) is 3.32. The van der Waals surface area contributed by atoms with E-state index in [1.165, 1.54) is 7.11 Å². The summed E-state index contributed by atoms with van der Waals surface area (Å²) < 4.78 is 10.7. The maximum atomic E-state index is 12.5. The number of hydrogen-bond donors (Lipinski definition) is 1. The van der Waals surface area contributed by atoms with Crippen LogP contribution >= 0.6 is 11.6 Å². The predicted molar refractivity (Wildman–Crippen MR) is 72.7 cm³/mol. The fourth-order valence-corrected chi connectivity index (χ4v) is 2.22. The Morgan fingerprint density at radius 2 is 2.42 bits per heavy atom. The fraction of sp³-hybridized carbons (Fsp3) is 0.462. The quantitative estimate of drug-likeness (QED) is 0.904. The number of halogens is 1. The Morgan fingerprint density at radius 3 is 3.11 bits per heavy atom. The summed E-state index contributed by atoms with van der Waals surface area (Å²) >= 11 is 5.89. The Balaban J connectivity index is 2.19. The van der Waals surface area contributed by atoms with E-state index in [4.69, 9.17) is 26.8 Å². The van der Waals surface area contributed by atoms with Crippen LogP contribution in [-0.2, 0) is 4.74 Å². The van der Waals surface area contributed by atoms with Crippen molar-refractivity contribution in [2.24, 2.45) is 5.73 Å². The van der Waals surface area contributed by atoms with Crippen molar-refractivity contribution in [1.29, 1.82) is 0 Å². The first-order valence-corrected chi connectivity index (χ1v) is 6.48. The van der Waals surface area contributed by atoms with E-state index in [9.17, 15) is 4.79 Å². The van der Waals surface area contributed by atoms with Gasteiger partial charge in [-0.05, 0) is 18.2 Å². The van der Waals surface area contributed by atoms with E-state index < -0.39 is 0 Å². The number of nitrogens with two attached hydrogens (primary N) is 1. The molecule has 1 heterocycles. The molecule has 1 aromatic rings. The van der Waals surface area contributed by atoms with Gasteiger partial charge in [0.05, 0.1) is 25.4 Å². The molecule has 104 valence electrons. The van der Waals surface area contributed by atoms with Crippen molar-refractivity contribution in [2.75, 3.05) is 33.4 Å². The summed E-state index contributed by atoms with van der Waals surface area (Å²) in [5.74, 6) is 0.392. The first kappa shape index (κ1) is 14.1. The summed E-state index contributed by atoms with van der Waals surface area (Å²) in [6, 6.07) is 4.99. The molecule has 6 heteroatoms. The minimum absolute atomic E-state index is 0.0877. The number of ether oxygens (including phenoxy) is 2.